The van der Waals surface area contributed by atoms with Crippen LogP contribution in [0.1, 0.15) is 5.56 Å². The number of hydrogen-bond donors (Lipinski definition) is 1. The van der Waals surface area contributed by atoms with E-state index in [0.29, 0.717) is 13.2 Å². The number of piperazine rings is 1. The maximum Gasteiger partial charge on any atom is 0.0698 e. The van der Waals surface area contributed by atoms with Gasteiger partial charge < -0.3 is 14.7 Å². The lowest BCUT2D eigenvalue weighted by Gasteiger charge is -2.34. The highest BCUT2D eigenvalue weighted by Crippen LogP contribution is 2.14. The first-order valence-corrected chi connectivity index (χ1v) is 8.08. The van der Waals surface area contributed by atoms with Gasteiger partial charge in [-0.25, -0.2) is 0 Å². The van der Waals surface area contributed by atoms with Crippen molar-refractivity contribution in [2.24, 2.45) is 0 Å². The highest BCUT2D eigenvalue weighted by molar-refractivity contribution is 5.45. The maximum absolute atomic E-state index is 8.68. The number of hydrogen-bond acceptors (Lipinski definition) is 5. The van der Waals surface area contributed by atoms with Gasteiger partial charge in [0.1, 0.15) is 0 Å². The first-order valence-electron chi connectivity index (χ1n) is 8.08. The van der Waals surface area contributed by atoms with Gasteiger partial charge in [0.05, 0.1) is 19.8 Å². The first kappa shape index (κ1) is 17.2. The minimum Gasteiger partial charge on any atom is -0.394 e. The monoisotopic (exact) mass is 307 g/mol. The van der Waals surface area contributed by atoms with Crippen molar-refractivity contribution in [3.8, 4) is 0 Å². The molecule has 22 heavy (non-hydrogen) atoms. The number of aliphatic hydroxyl groups is 1. The molecule has 0 bridgehead atoms. The number of aliphatic hydroxyl groups excluding tert-OH is 1. The average molecular weight is 307 g/mol. The van der Waals surface area contributed by atoms with Gasteiger partial charge in [-0.3, -0.25) is 9.80 Å². The fourth-order valence-electron chi connectivity index (χ4n) is 2.69. The Morgan fingerprint density at radius 2 is 1.64 bits per heavy atom. The van der Waals surface area contributed by atoms with E-state index >= 15 is 0 Å². The Bertz CT molecular complexity index is 414. The fraction of sp³-hybridized carbons (Fsp3) is 0.647. The van der Waals surface area contributed by atoms with Crippen LogP contribution in [0, 0.1) is 0 Å². The molecule has 5 nitrogen and oxygen atoms in total. The summed E-state index contributed by atoms with van der Waals surface area (Å²) in [6.45, 7) is 7.67. The lowest BCUT2D eigenvalue weighted by atomic mass is 10.1. The number of benzene rings is 1. The minimum absolute atomic E-state index is 0.111. The quantitative estimate of drug-likeness (QED) is 0.722. The van der Waals surface area contributed by atoms with Crippen molar-refractivity contribution in [2.45, 2.75) is 6.54 Å². The van der Waals surface area contributed by atoms with E-state index in [1.165, 1.54) is 11.3 Å². The zero-order chi connectivity index (χ0) is 15.8. The van der Waals surface area contributed by atoms with Crippen molar-refractivity contribution in [3.05, 3.63) is 29.8 Å². The third-order valence-electron chi connectivity index (χ3n) is 4.11. The lowest BCUT2D eigenvalue weighted by molar-refractivity contribution is 0.0564. The van der Waals surface area contributed by atoms with Gasteiger partial charge in [-0.05, 0) is 17.7 Å². The highest BCUT2D eigenvalue weighted by atomic mass is 16.5. The molecular weight excluding hydrogens is 278 g/mol. The molecule has 0 amide bonds. The summed E-state index contributed by atoms with van der Waals surface area (Å²) in [5.74, 6) is 0. The number of nitrogens with zero attached hydrogens (tertiary/aromatic N) is 3. The van der Waals surface area contributed by atoms with Gasteiger partial charge in [0.2, 0.25) is 0 Å². The number of ether oxygens (including phenoxy) is 1. The van der Waals surface area contributed by atoms with Gasteiger partial charge in [-0.2, -0.15) is 0 Å². The molecule has 1 aliphatic heterocycles. The Morgan fingerprint density at radius 1 is 1.00 bits per heavy atom. The topological polar surface area (TPSA) is 39.2 Å². The number of rotatable bonds is 8. The Balaban J connectivity index is 1.68. The van der Waals surface area contributed by atoms with Gasteiger partial charge in [0.15, 0.2) is 0 Å². The summed E-state index contributed by atoms with van der Waals surface area (Å²) < 4.78 is 5.33. The van der Waals surface area contributed by atoms with Crippen LogP contribution in [0.5, 0.6) is 0 Å². The smallest absolute Gasteiger partial charge is 0.0698 e. The second-order valence-electron chi connectivity index (χ2n) is 6.01. The molecule has 124 valence electrons. The van der Waals surface area contributed by atoms with Gasteiger partial charge in [-0.15, -0.1) is 0 Å². The molecular formula is C17H29N3O2. The van der Waals surface area contributed by atoms with Gasteiger partial charge in [0, 0.05) is 59.1 Å². The van der Waals surface area contributed by atoms with Crippen LogP contribution in [0.4, 0.5) is 5.69 Å². The van der Waals surface area contributed by atoms with Crippen molar-refractivity contribution in [3.63, 3.8) is 0 Å². The molecule has 5 heteroatoms. The van der Waals surface area contributed by atoms with Gasteiger partial charge in [0.25, 0.3) is 0 Å². The molecule has 0 aliphatic carbocycles. The third-order valence-corrected chi connectivity index (χ3v) is 4.11. The average Bonchev–Trinajstić information content (AvgIpc) is 2.54. The zero-order valence-electron chi connectivity index (χ0n) is 13.9. The Kier molecular flexibility index (Phi) is 7.12. The van der Waals surface area contributed by atoms with Crippen molar-refractivity contribution in [1.82, 2.24) is 9.80 Å². The summed E-state index contributed by atoms with van der Waals surface area (Å²) in [6.07, 6.45) is 0. The van der Waals surface area contributed by atoms with Crippen LogP contribution in [-0.2, 0) is 11.3 Å². The molecule has 0 aromatic heterocycles. The molecule has 1 aromatic rings. The lowest BCUT2D eigenvalue weighted by Crippen LogP contribution is -2.46. The second kappa shape index (κ2) is 9.10. The molecule has 0 radical (unpaired) electrons. The summed E-state index contributed by atoms with van der Waals surface area (Å²) in [4.78, 5) is 7.07. The van der Waals surface area contributed by atoms with Crippen LogP contribution in [0.3, 0.4) is 0 Å². The van der Waals surface area contributed by atoms with E-state index in [0.717, 1.165) is 39.3 Å². The molecule has 1 fully saturated rings. The molecule has 1 aromatic carbocycles. The summed E-state index contributed by atoms with van der Waals surface area (Å²) in [6, 6.07) is 8.82. The van der Waals surface area contributed by atoms with Crippen molar-refractivity contribution >= 4 is 5.69 Å². The van der Waals surface area contributed by atoms with Gasteiger partial charge in [-0.1, -0.05) is 12.1 Å². The van der Waals surface area contributed by atoms with Crippen LogP contribution in [0.25, 0.3) is 0 Å². The number of anilines is 1. The Hall–Kier alpha value is -1.14. The molecule has 2 rings (SSSR count). The van der Waals surface area contributed by atoms with E-state index in [9.17, 15) is 0 Å². The third kappa shape index (κ3) is 5.57. The van der Waals surface area contributed by atoms with E-state index in [1.54, 1.807) is 0 Å². The van der Waals surface area contributed by atoms with E-state index < -0.39 is 0 Å². The van der Waals surface area contributed by atoms with E-state index in [4.69, 9.17) is 9.84 Å². The van der Waals surface area contributed by atoms with E-state index in [-0.39, 0.29) is 6.61 Å². The van der Waals surface area contributed by atoms with Crippen LogP contribution in [0.15, 0.2) is 24.3 Å². The molecule has 0 saturated carbocycles. The van der Waals surface area contributed by atoms with Crippen LogP contribution >= 0.6 is 0 Å². The summed E-state index contributed by atoms with van der Waals surface area (Å²) in [5, 5.41) is 8.68. The second-order valence-corrected chi connectivity index (χ2v) is 6.01. The van der Waals surface area contributed by atoms with Crippen molar-refractivity contribution in [2.75, 3.05) is 71.5 Å². The van der Waals surface area contributed by atoms with Crippen LogP contribution < -0.4 is 4.90 Å². The fourth-order valence-corrected chi connectivity index (χ4v) is 2.69. The highest BCUT2D eigenvalue weighted by Gasteiger charge is 2.16. The molecule has 1 heterocycles. The first-order chi connectivity index (χ1) is 10.7. The standard InChI is InChI=1S/C17H29N3O2/c1-18(2)17-5-3-16(4-6-17)15-20-9-7-19(8-10-20)11-13-22-14-12-21/h3-6,21H,7-15H2,1-2H3. The summed E-state index contributed by atoms with van der Waals surface area (Å²) in [7, 11) is 4.14. The van der Waals surface area contributed by atoms with Crippen LogP contribution in [0.2, 0.25) is 0 Å². The summed E-state index contributed by atoms with van der Waals surface area (Å²) >= 11 is 0. The molecule has 0 atom stereocenters. The van der Waals surface area contributed by atoms with Crippen LogP contribution in [-0.4, -0.2) is 81.5 Å². The van der Waals surface area contributed by atoms with Crippen molar-refractivity contribution in [1.29, 1.82) is 0 Å². The normalized spacial score (nSPS) is 16.9. The van der Waals surface area contributed by atoms with Crippen molar-refractivity contribution < 1.29 is 9.84 Å². The molecule has 0 spiro atoms. The maximum atomic E-state index is 8.68. The SMILES string of the molecule is CN(C)c1ccc(CN2CCN(CCOCCO)CC2)cc1. The largest absolute Gasteiger partial charge is 0.394 e. The zero-order valence-corrected chi connectivity index (χ0v) is 13.9. The predicted octanol–water partition coefficient (Wildman–Crippen LogP) is 0.879. The van der Waals surface area contributed by atoms with E-state index in [1.807, 2.05) is 0 Å². The molecule has 1 saturated heterocycles. The molecule has 1 aliphatic rings. The predicted molar refractivity (Wildman–Crippen MR) is 90.4 cm³/mol. The summed E-state index contributed by atoms with van der Waals surface area (Å²) in [5.41, 5.74) is 2.63. The van der Waals surface area contributed by atoms with Gasteiger partial charge >= 0.3 is 0 Å². The Labute approximate surface area is 134 Å². The molecule has 0 unspecified atom stereocenters. The van der Waals surface area contributed by atoms with E-state index in [2.05, 4.69) is 53.1 Å². The minimum atomic E-state index is 0.111. The molecule has 1 N–H and O–H groups in total. The Morgan fingerprint density at radius 3 is 2.23 bits per heavy atom.